The first kappa shape index (κ1) is 19.8. The summed E-state index contributed by atoms with van der Waals surface area (Å²) in [5, 5.41) is 3.96. The molecule has 6 heteroatoms. The third kappa shape index (κ3) is 3.69. The van der Waals surface area contributed by atoms with Gasteiger partial charge in [0.25, 0.3) is 0 Å². The average Bonchev–Trinajstić information content (AvgIpc) is 2.90. The molecule has 1 N–H and O–H groups in total. The summed E-state index contributed by atoms with van der Waals surface area (Å²) in [5.41, 5.74) is 1.87. The Balaban J connectivity index is 1.62. The molecule has 1 aromatic carbocycles. The second-order valence-electron chi connectivity index (χ2n) is 8.88. The lowest BCUT2D eigenvalue weighted by Crippen LogP contribution is -2.39. The van der Waals surface area contributed by atoms with Crippen LogP contribution in [0.5, 0.6) is 0 Å². The zero-order valence-corrected chi connectivity index (χ0v) is 18.6. The Labute approximate surface area is 174 Å². The number of anilines is 1. The molecule has 0 unspecified atom stereocenters. The molecule has 4 rings (SSSR count). The number of carbonyl (C=O) groups is 1. The van der Waals surface area contributed by atoms with E-state index < -0.39 is 0 Å². The van der Waals surface area contributed by atoms with E-state index in [0.717, 1.165) is 22.7 Å². The molecule has 2 heterocycles. The molecular weight excluding hydrogens is 388 g/mol. The van der Waals surface area contributed by atoms with Gasteiger partial charge in [-0.3, -0.25) is 14.2 Å². The Morgan fingerprint density at radius 1 is 1.32 bits per heavy atom. The third-order valence-electron chi connectivity index (χ3n) is 6.18. The summed E-state index contributed by atoms with van der Waals surface area (Å²) in [6.45, 7) is 8.99. The summed E-state index contributed by atoms with van der Waals surface area (Å²) < 4.78 is 1.78. The molecule has 0 saturated heterocycles. The van der Waals surface area contributed by atoms with Crippen LogP contribution >= 0.6 is 23.1 Å². The van der Waals surface area contributed by atoms with Gasteiger partial charge in [-0.05, 0) is 49.3 Å². The predicted octanol–water partition coefficient (Wildman–Crippen LogP) is 5.26. The van der Waals surface area contributed by atoms with Crippen molar-refractivity contribution in [2.24, 2.45) is 11.8 Å². The number of hydrogen-bond acceptors (Lipinski definition) is 4. The molecule has 1 fully saturated rings. The number of aryl methyl sites for hydroxylation is 1. The Morgan fingerprint density at radius 3 is 2.86 bits per heavy atom. The number of rotatable bonds is 3. The maximum atomic E-state index is 12.8. The number of thiazole rings is 1. The molecular formula is C22H28N2O2S2. The number of carbonyl (C=O) groups excluding carboxylic acids is 1. The van der Waals surface area contributed by atoms with Crippen LogP contribution in [0.15, 0.2) is 34.1 Å². The number of nitrogens with zero attached hydrogens (tertiary/aromatic N) is 1. The number of hydrogen-bond donors (Lipinski definition) is 1. The van der Waals surface area contributed by atoms with E-state index in [-0.39, 0.29) is 22.1 Å². The monoisotopic (exact) mass is 416 g/mol. The maximum absolute atomic E-state index is 12.8. The molecule has 4 nitrogen and oxygen atoms in total. The summed E-state index contributed by atoms with van der Waals surface area (Å²) in [6, 6.07) is 7.74. The lowest BCUT2D eigenvalue weighted by molar-refractivity contribution is -0.116. The maximum Gasteiger partial charge on any atom is 0.308 e. The van der Waals surface area contributed by atoms with Gasteiger partial charge < -0.3 is 5.32 Å². The lowest BCUT2D eigenvalue weighted by Gasteiger charge is -2.47. The van der Waals surface area contributed by atoms with Crippen LogP contribution in [-0.4, -0.2) is 15.2 Å². The zero-order chi connectivity index (χ0) is 20.1. The fourth-order valence-electron chi connectivity index (χ4n) is 4.78. The minimum absolute atomic E-state index is 0.00781. The molecule has 2 aliphatic rings. The van der Waals surface area contributed by atoms with Crippen LogP contribution < -0.4 is 10.2 Å². The lowest BCUT2D eigenvalue weighted by atomic mass is 9.69. The molecule has 0 spiro atoms. The van der Waals surface area contributed by atoms with Crippen molar-refractivity contribution in [2.45, 2.75) is 69.2 Å². The number of amides is 1. The molecule has 3 atom stereocenters. The largest absolute Gasteiger partial charge is 0.325 e. The third-order valence-corrected chi connectivity index (χ3v) is 8.88. The van der Waals surface area contributed by atoms with Gasteiger partial charge in [-0.15, -0.1) is 11.8 Å². The molecule has 0 radical (unpaired) electrons. The molecule has 1 amide bonds. The van der Waals surface area contributed by atoms with Crippen molar-refractivity contribution >= 4 is 34.7 Å². The van der Waals surface area contributed by atoms with Gasteiger partial charge in [-0.1, -0.05) is 50.7 Å². The number of fused-ring (bicyclic) bond motifs is 3. The van der Waals surface area contributed by atoms with Crippen molar-refractivity contribution in [3.05, 3.63) is 44.4 Å². The van der Waals surface area contributed by atoms with Gasteiger partial charge in [0, 0.05) is 21.2 Å². The zero-order valence-electron chi connectivity index (χ0n) is 17.0. The van der Waals surface area contributed by atoms with E-state index in [9.17, 15) is 9.59 Å². The minimum atomic E-state index is -0.147. The van der Waals surface area contributed by atoms with Gasteiger partial charge in [0.2, 0.25) is 5.91 Å². The van der Waals surface area contributed by atoms with E-state index in [2.05, 4.69) is 26.1 Å². The van der Waals surface area contributed by atoms with Crippen molar-refractivity contribution in [2.75, 3.05) is 5.32 Å². The van der Waals surface area contributed by atoms with Crippen LogP contribution in [-0.2, 0) is 11.3 Å². The highest BCUT2D eigenvalue weighted by atomic mass is 32.2. The van der Waals surface area contributed by atoms with Crippen molar-refractivity contribution in [1.29, 1.82) is 0 Å². The van der Waals surface area contributed by atoms with Gasteiger partial charge in [0.1, 0.15) is 6.54 Å². The van der Waals surface area contributed by atoms with Crippen molar-refractivity contribution in [1.82, 2.24) is 4.57 Å². The fourth-order valence-corrected chi connectivity index (χ4v) is 7.59. The SMILES string of the molecule is Cc1cccc(NC(=O)Cn2c3c(sc2=O)[C@@H]2C[C@@H](C)CC[C@@H]2C(C)(C)S3)c1. The number of aromatic nitrogens is 1. The normalized spacial score (nSPS) is 25.6. The van der Waals surface area contributed by atoms with Crippen molar-refractivity contribution in [3.63, 3.8) is 0 Å². The van der Waals surface area contributed by atoms with Crippen LogP contribution in [0, 0.1) is 18.8 Å². The van der Waals surface area contributed by atoms with E-state index in [1.165, 1.54) is 29.1 Å². The Bertz CT molecular complexity index is 960. The van der Waals surface area contributed by atoms with Crippen LogP contribution in [0.25, 0.3) is 0 Å². The quantitative estimate of drug-likeness (QED) is 0.742. The van der Waals surface area contributed by atoms with Crippen LogP contribution in [0.3, 0.4) is 0 Å². The summed E-state index contributed by atoms with van der Waals surface area (Å²) in [7, 11) is 0. The summed E-state index contributed by atoms with van der Waals surface area (Å²) in [6.07, 6.45) is 3.65. The predicted molar refractivity (Wildman–Crippen MR) is 118 cm³/mol. The van der Waals surface area contributed by atoms with Crippen molar-refractivity contribution in [3.8, 4) is 0 Å². The van der Waals surface area contributed by atoms with Crippen molar-refractivity contribution < 1.29 is 4.79 Å². The molecule has 1 aliphatic carbocycles. The van der Waals surface area contributed by atoms with Gasteiger partial charge in [-0.25, -0.2) is 0 Å². The van der Waals surface area contributed by atoms with E-state index in [0.29, 0.717) is 17.8 Å². The number of benzene rings is 1. The van der Waals surface area contributed by atoms with E-state index in [1.54, 1.807) is 16.3 Å². The second-order valence-corrected chi connectivity index (χ2v) is 11.5. The smallest absolute Gasteiger partial charge is 0.308 e. The number of nitrogens with one attached hydrogen (secondary N) is 1. The van der Waals surface area contributed by atoms with Crippen LogP contribution in [0.2, 0.25) is 0 Å². The van der Waals surface area contributed by atoms with E-state index in [4.69, 9.17) is 0 Å². The molecule has 1 aromatic heterocycles. The Kier molecular flexibility index (Phi) is 5.21. The van der Waals surface area contributed by atoms with E-state index >= 15 is 0 Å². The van der Waals surface area contributed by atoms with Gasteiger partial charge >= 0.3 is 4.87 Å². The Morgan fingerprint density at radius 2 is 2.11 bits per heavy atom. The highest BCUT2D eigenvalue weighted by Crippen LogP contribution is 2.58. The fraction of sp³-hybridized carbons (Fsp3) is 0.545. The first-order valence-corrected chi connectivity index (χ1v) is 11.7. The summed E-state index contributed by atoms with van der Waals surface area (Å²) in [4.78, 5) is 26.7. The topological polar surface area (TPSA) is 51.1 Å². The highest BCUT2D eigenvalue weighted by Gasteiger charge is 2.47. The molecule has 2 aromatic rings. The molecule has 150 valence electrons. The van der Waals surface area contributed by atoms with Gasteiger partial charge in [0.15, 0.2) is 0 Å². The standard InChI is InChI=1S/C22H28N2O2S2/c1-13-6-5-7-15(10-13)23-18(25)12-24-20-19(27-21(24)26)16-11-14(2)8-9-17(16)22(3,4)28-20/h5-7,10,14,16-17H,8-9,11-12H2,1-4H3,(H,23,25)/t14-,16+,17-/m0/s1. The molecule has 28 heavy (non-hydrogen) atoms. The molecule has 0 bridgehead atoms. The highest BCUT2D eigenvalue weighted by molar-refractivity contribution is 8.00. The second kappa shape index (κ2) is 7.38. The summed E-state index contributed by atoms with van der Waals surface area (Å²) >= 11 is 3.16. The minimum Gasteiger partial charge on any atom is -0.325 e. The number of thioether (sulfide) groups is 1. The first-order valence-electron chi connectivity index (χ1n) is 10.0. The van der Waals surface area contributed by atoms with Gasteiger partial charge in [0.05, 0.1) is 5.03 Å². The molecule has 1 aliphatic heterocycles. The van der Waals surface area contributed by atoms with Crippen LogP contribution in [0.1, 0.15) is 56.4 Å². The van der Waals surface area contributed by atoms with Gasteiger partial charge in [-0.2, -0.15) is 0 Å². The average molecular weight is 417 g/mol. The van der Waals surface area contributed by atoms with E-state index in [1.807, 2.05) is 31.2 Å². The molecule has 1 saturated carbocycles. The first-order chi connectivity index (χ1) is 13.2. The summed E-state index contributed by atoms with van der Waals surface area (Å²) in [5.74, 6) is 1.61. The van der Waals surface area contributed by atoms with Crippen LogP contribution in [0.4, 0.5) is 5.69 Å². The Hall–Kier alpha value is -1.53.